The number of hydrogen-bond acceptors (Lipinski definition) is 4. The lowest BCUT2D eigenvalue weighted by Gasteiger charge is -2.29. The van der Waals surface area contributed by atoms with Crippen LogP contribution in [-0.2, 0) is 4.79 Å². The van der Waals surface area contributed by atoms with Crippen molar-refractivity contribution in [1.29, 1.82) is 0 Å². The molecule has 1 aliphatic heterocycles. The van der Waals surface area contributed by atoms with E-state index in [1.165, 1.54) is 18.2 Å². The van der Waals surface area contributed by atoms with E-state index in [0.717, 1.165) is 31.2 Å². The molecular weight excluding hydrogens is 421 g/mol. The van der Waals surface area contributed by atoms with Crippen LogP contribution in [0.1, 0.15) is 37.9 Å². The second-order valence-electron chi connectivity index (χ2n) is 6.67. The van der Waals surface area contributed by atoms with Gasteiger partial charge in [0.25, 0.3) is 5.91 Å². The molecule has 3 nitrogen and oxygen atoms in total. The normalized spacial score (nSPS) is 20.1. The van der Waals surface area contributed by atoms with Crippen LogP contribution in [0.4, 0.5) is 0 Å². The summed E-state index contributed by atoms with van der Waals surface area (Å²) >= 11 is 19.0. The molecule has 1 aromatic carbocycles. The van der Waals surface area contributed by atoms with E-state index in [2.05, 4.69) is 0 Å². The van der Waals surface area contributed by atoms with Gasteiger partial charge in [-0.05, 0) is 43.2 Å². The molecule has 0 bridgehead atoms. The zero-order valence-corrected chi connectivity index (χ0v) is 17.6. The van der Waals surface area contributed by atoms with Gasteiger partial charge in [0.15, 0.2) is 0 Å². The van der Waals surface area contributed by atoms with Crippen LogP contribution in [0, 0.1) is 0 Å². The quantitative estimate of drug-likeness (QED) is 0.390. The van der Waals surface area contributed by atoms with Crippen molar-refractivity contribution >= 4 is 63.5 Å². The maximum absolute atomic E-state index is 12.9. The van der Waals surface area contributed by atoms with Crippen molar-refractivity contribution < 1.29 is 9.21 Å². The number of halogens is 2. The molecule has 2 heterocycles. The van der Waals surface area contributed by atoms with Crippen LogP contribution < -0.4 is 0 Å². The number of furan rings is 1. The van der Waals surface area contributed by atoms with E-state index in [-0.39, 0.29) is 11.9 Å². The Balaban J connectivity index is 1.56. The molecule has 1 saturated heterocycles. The van der Waals surface area contributed by atoms with E-state index in [1.54, 1.807) is 23.1 Å². The minimum Gasteiger partial charge on any atom is -0.457 e. The Hall–Kier alpha value is -1.27. The van der Waals surface area contributed by atoms with E-state index in [1.807, 2.05) is 18.2 Å². The van der Waals surface area contributed by atoms with Gasteiger partial charge in [0.2, 0.25) is 0 Å². The van der Waals surface area contributed by atoms with Crippen molar-refractivity contribution in [3.8, 4) is 11.3 Å². The van der Waals surface area contributed by atoms with Crippen molar-refractivity contribution in [1.82, 2.24) is 4.90 Å². The summed E-state index contributed by atoms with van der Waals surface area (Å²) in [5.41, 5.74) is 0.760. The Morgan fingerprint density at radius 1 is 1.15 bits per heavy atom. The third-order valence-corrected chi connectivity index (χ3v) is 6.74. The number of thioether (sulfide) groups is 1. The second kappa shape index (κ2) is 8.00. The van der Waals surface area contributed by atoms with Crippen LogP contribution in [0.3, 0.4) is 0 Å². The smallest absolute Gasteiger partial charge is 0.266 e. The molecule has 1 saturated carbocycles. The Bertz CT molecular complexity index is 932. The Kier molecular flexibility index (Phi) is 5.65. The summed E-state index contributed by atoms with van der Waals surface area (Å²) in [6.07, 6.45) is 7.37. The number of amides is 1. The molecule has 27 heavy (non-hydrogen) atoms. The highest BCUT2D eigenvalue weighted by atomic mass is 35.5. The van der Waals surface area contributed by atoms with Gasteiger partial charge in [-0.2, -0.15) is 0 Å². The van der Waals surface area contributed by atoms with Gasteiger partial charge in [-0.1, -0.05) is 66.4 Å². The van der Waals surface area contributed by atoms with Gasteiger partial charge in [0, 0.05) is 22.7 Å². The van der Waals surface area contributed by atoms with Gasteiger partial charge in [-0.25, -0.2) is 0 Å². The Morgan fingerprint density at radius 2 is 1.93 bits per heavy atom. The van der Waals surface area contributed by atoms with Crippen molar-refractivity contribution in [3.63, 3.8) is 0 Å². The summed E-state index contributed by atoms with van der Waals surface area (Å²) in [6.45, 7) is 0. The van der Waals surface area contributed by atoms with Crippen molar-refractivity contribution in [2.24, 2.45) is 0 Å². The van der Waals surface area contributed by atoms with Crippen LogP contribution in [0.25, 0.3) is 17.4 Å². The number of rotatable bonds is 3. The van der Waals surface area contributed by atoms with Crippen molar-refractivity contribution in [2.45, 2.75) is 38.1 Å². The zero-order valence-electron chi connectivity index (χ0n) is 14.4. The highest BCUT2D eigenvalue weighted by Gasteiger charge is 2.37. The number of benzene rings is 1. The predicted molar refractivity (Wildman–Crippen MR) is 116 cm³/mol. The van der Waals surface area contributed by atoms with Crippen LogP contribution >= 0.6 is 47.2 Å². The number of nitrogens with zero attached hydrogens (tertiary/aromatic N) is 1. The van der Waals surface area contributed by atoms with Crippen molar-refractivity contribution in [2.75, 3.05) is 0 Å². The van der Waals surface area contributed by atoms with Crippen LogP contribution in [0.2, 0.25) is 10.0 Å². The topological polar surface area (TPSA) is 33.5 Å². The minimum absolute atomic E-state index is 0.0145. The first-order valence-electron chi connectivity index (χ1n) is 8.85. The monoisotopic (exact) mass is 437 g/mol. The highest BCUT2D eigenvalue weighted by molar-refractivity contribution is 8.26. The summed E-state index contributed by atoms with van der Waals surface area (Å²) in [4.78, 5) is 15.3. The summed E-state index contributed by atoms with van der Waals surface area (Å²) < 4.78 is 6.53. The molecule has 2 aromatic rings. The van der Waals surface area contributed by atoms with E-state index in [0.29, 0.717) is 30.8 Å². The van der Waals surface area contributed by atoms with Crippen LogP contribution in [0.15, 0.2) is 39.7 Å². The molecule has 0 N–H and O–H groups in total. The third kappa shape index (κ3) is 3.97. The second-order valence-corrected chi connectivity index (χ2v) is 9.19. The fourth-order valence-corrected chi connectivity index (χ4v) is 5.41. The number of thiocarbonyl (C=S) groups is 1. The highest BCUT2D eigenvalue weighted by Crippen LogP contribution is 2.38. The van der Waals surface area contributed by atoms with E-state index in [9.17, 15) is 4.79 Å². The zero-order chi connectivity index (χ0) is 19.0. The molecule has 0 unspecified atom stereocenters. The van der Waals surface area contributed by atoms with Crippen LogP contribution in [-0.4, -0.2) is 21.2 Å². The number of carbonyl (C=O) groups is 1. The lowest BCUT2D eigenvalue weighted by Crippen LogP contribution is -2.39. The first kappa shape index (κ1) is 19.1. The first-order chi connectivity index (χ1) is 13.0. The van der Waals surface area contributed by atoms with E-state index in [4.69, 9.17) is 39.8 Å². The maximum atomic E-state index is 12.9. The number of carbonyl (C=O) groups excluding carboxylic acids is 1. The molecule has 0 radical (unpaired) electrons. The molecule has 2 fully saturated rings. The SMILES string of the molecule is O=C1/C(=C/c2ccc(-c3ccc(Cl)cc3Cl)o2)SC(=S)N1C1CCCCC1. The van der Waals surface area contributed by atoms with Gasteiger partial charge in [0.1, 0.15) is 15.8 Å². The molecule has 7 heteroatoms. The summed E-state index contributed by atoms with van der Waals surface area (Å²) in [7, 11) is 0. The lowest BCUT2D eigenvalue weighted by molar-refractivity contribution is -0.124. The Morgan fingerprint density at radius 3 is 2.67 bits per heavy atom. The predicted octanol–water partition coefficient (Wildman–Crippen LogP) is 6.79. The largest absolute Gasteiger partial charge is 0.457 e. The average molecular weight is 438 g/mol. The molecule has 1 aromatic heterocycles. The fourth-order valence-electron chi connectivity index (χ4n) is 3.53. The molecule has 0 atom stereocenters. The first-order valence-corrected chi connectivity index (χ1v) is 10.8. The molecular formula is C20H17Cl2NO2S2. The van der Waals surface area contributed by atoms with E-state index < -0.39 is 0 Å². The minimum atomic E-state index is -0.0145. The molecule has 1 aliphatic carbocycles. The molecule has 0 spiro atoms. The van der Waals surface area contributed by atoms with E-state index >= 15 is 0 Å². The lowest BCUT2D eigenvalue weighted by atomic mass is 9.94. The third-order valence-electron chi connectivity index (χ3n) is 4.86. The van der Waals surface area contributed by atoms with Gasteiger partial charge >= 0.3 is 0 Å². The average Bonchev–Trinajstić information content (AvgIpc) is 3.21. The van der Waals surface area contributed by atoms with Crippen LogP contribution in [0.5, 0.6) is 0 Å². The molecule has 4 rings (SSSR count). The number of hydrogen-bond donors (Lipinski definition) is 0. The fraction of sp³-hybridized carbons (Fsp3) is 0.300. The summed E-state index contributed by atoms with van der Waals surface area (Å²) in [5.74, 6) is 1.21. The Labute approximate surface area is 177 Å². The standard InChI is InChI=1S/C20H17Cl2NO2S2/c21-12-6-8-15(16(22)10-12)17-9-7-14(25-17)11-18-19(24)23(20(26)27-18)13-4-2-1-3-5-13/h6-11,13H,1-5H2/b18-11-. The van der Waals surface area contributed by atoms with Gasteiger partial charge in [0.05, 0.1) is 9.93 Å². The van der Waals surface area contributed by atoms with Gasteiger partial charge in [-0.3, -0.25) is 9.69 Å². The molecule has 140 valence electrons. The maximum Gasteiger partial charge on any atom is 0.266 e. The van der Waals surface area contributed by atoms with Gasteiger partial charge < -0.3 is 4.42 Å². The molecule has 2 aliphatic rings. The summed E-state index contributed by atoms with van der Waals surface area (Å²) in [5, 5.41) is 1.09. The van der Waals surface area contributed by atoms with Gasteiger partial charge in [-0.15, -0.1) is 0 Å². The van der Waals surface area contributed by atoms with Crippen molar-refractivity contribution in [3.05, 3.63) is 51.0 Å². The molecule has 1 amide bonds. The summed E-state index contributed by atoms with van der Waals surface area (Å²) in [6, 6.07) is 9.15.